The first-order chi connectivity index (χ1) is 8.13. The van der Waals surface area contributed by atoms with Crippen LogP contribution in [0.15, 0.2) is 16.8 Å². The molecule has 0 aliphatic rings. The second-order valence-corrected chi connectivity index (χ2v) is 4.50. The van der Waals surface area contributed by atoms with E-state index in [1.165, 1.54) is 11.3 Å². The Labute approximate surface area is 117 Å². The molecule has 1 aromatic heterocycles. The van der Waals surface area contributed by atoms with E-state index in [0.29, 0.717) is 18.7 Å². The number of rotatable bonds is 6. The van der Waals surface area contributed by atoms with Gasteiger partial charge >= 0.3 is 0 Å². The van der Waals surface area contributed by atoms with Crippen LogP contribution in [0.2, 0.25) is 0 Å². The first-order valence-corrected chi connectivity index (χ1v) is 6.37. The van der Waals surface area contributed by atoms with Gasteiger partial charge in [0.1, 0.15) is 0 Å². The molecule has 0 aliphatic carbocycles. The smallest absolute Gasteiger partial charge is 0.252 e. The average molecular weight is 292 g/mol. The van der Waals surface area contributed by atoms with E-state index < -0.39 is 0 Å². The van der Waals surface area contributed by atoms with Gasteiger partial charge in [-0.05, 0) is 18.4 Å². The lowest BCUT2D eigenvalue weighted by Gasteiger charge is -2.11. The van der Waals surface area contributed by atoms with Crippen LogP contribution in [0.4, 0.5) is 0 Å². The van der Waals surface area contributed by atoms with E-state index in [0.717, 1.165) is 0 Å². The number of hydrogen-bond acceptors (Lipinski definition) is 4. The highest BCUT2D eigenvalue weighted by molar-refractivity contribution is 7.08. The Hall–Kier alpha value is -1.11. The van der Waals surface area contributed by atoms with Gasteiger partial charge in [0, 0.05) is 36.5 Å². The minimum Gasteiger partial charge on any atom is -0.352 e. The summed E-state index contributed by atoms with van der Waals surface area (Å²) in [6.07, 6.45) is 0.264. The van der Waals surface area contributed by atoms with Crippen molar-refractivity contribution >= 4 is 35.6 Å². The molecule has 4 N–H and O–H groups in total. The number of hydrogen-bond donors (Lipinski definition) is 3. The van der Waals surface area contributed by atoms with Gasteiger partial charge in [-0.15, -0.1) is 12.4 Å². The van der Waals surface area contributed by atoms with Crippen LogP contribution in [-0.4, -0.2) is 30.9 Å². The first-order valence-electron chi connectivity index (χ1n) is 5.43. The van der Waals surface area contributed by atoms with Crippen molar-refractivity contribution in [2.75, 3.05) is 13.1 Å². The number of halogens is 1. The second kappa shape index (κ2) is 8.91. The first kappa shape index (κ1) is 16.9. The fourth-order valence-electron chi connectivity index (χ4n) is 1.19. The summed E-state index contributed by atoms with van der Waals surface area (Å²) >= 11 is 1.47. The molecule has 102 valence electrons. The summed E-state index contributed by atoms with van der Waals surface area (Å²) in [5.74, 6) is -0.250. The van der Waals surface area contributed by atoms with Crippen LogP contribution in [0.1, 0.15) is 23.7 Å². The molecular weight excluding hydrogens is 274 g/mol. The van der Waals surface area contributed by atoms with Crippen molar-refractivity contribution in [3.63, 3.8) is 0 Å². The summed E-state index contributed by atoms with van der Waals surface area (Å²) in [5.41, 5.74) is 6.01. The van der Waals surface area contributed by atoms with Crippen molar-refractivity contribution in [3.8, 4) is 0 Å². The van der Waals surface area contributed by atoms with Gasteiger partial charge in [0.15, 0.2) is 0 Å². The lowest BCUT2D eigenvalue weighted by atomic mass is 10.3. The maximum absolute atomic E-state index is 11.5. The molecule has 1 rings (SSSR count). The van der Waals surface area contributed by atoms with Gasteiger partial charge in [0.05, 0.1) is 0 Å². The number of carbonyl (C=O) groups is 2. The molecule has 1 aromatic rings. The summed E-state index contributed by atoms with van der Waals surface area (Å²) in [5, 5.41) is 9.02. The Balaban J connectivity index is 0.00000289. The van der Waals surface area contributed by atoms with Crippen LogP contribution in [0.5, 0.6) is 0 Å². The highest BCUT2D eigenvalue weighted by atomic mass is 35.5. The average Bonchev–Trinajstić information content (AvgIpc) is 2.82. The van der Waals surface area contributed by atoms with Crippen LogP contribution >= 0.6 is 23.7 Å². The predicted octanol–water partition coefficient (Wildman–Crippen LogP) is 0.753. The fourth-order valence-corrected chi connectivity index (χ4v) is 1.83. The van der Waals surface area contributed by atoms with Crippen molar-refractivity contribution in [2.45, 2.75) is 19.4 Å². The quantitative estimate of drug-likeness (QED) is 0.723. The predicted molar refractivity (Wildman–Crippen MR) is 75.2 cm³/mol. The van der Waals surface area contributed by atoms with Crippen LogP contribution in [0.3, 0.4) is 0 Å². The Morgan fingerprint density at radius 1 is 1.50 bits per heavy atom. The summed E-state index contributed by atoms with van der Waals surface area (Å²) in [6, 6.07) is 1.71. The molecule has 18 heavy (non-hydrogen) atoms. The maximum Gasteiger partial charge on any atom is 0.252 e. The molecule has 2 amide bonds. The summed E-state index contributed by atoms with van der Waals surface area (Å²) in [6.45, 7) is 2.58. The maximum atomic E-state index is 11.5. The monoisotopic (exact) mass is 291 g/mol. The third-order valence-corrected chi connectivity index (χ3v) is 2.87. The molecule has 7 heteroatoms. The van der Waals surface area contributed by atoms with Gasteiger partial charge in [-0.1, -0.05) is 0 Å². The zero-order chi connectivity index (χ0) is 12.7. The molecular formula is C11H18ClN3O2S. The topological polar surface area (TPSA) is 84.2 Å². The summed E-state index contributed by atoms with van der Waals surface area (Å²) in [7, 11) is 0. The van der Waals surface area contributed by atoms with Gasteiger partial charge in [0.25, 0.3) is 5.91 Å². The lowest BCUT2D eigenvalue weighted by molar-refractivity contribution is -0.121. The molecule has 1 heterocycles. The largest absolute Gasteiger partial charge is 0.352 e. The van der Waals surface area contributed by atoms with Crippen LogP contribution in [0, 0.1) is 0 Å². The van der Waals surface area contributed by atoms with E-state index in [1.807, 2.05) is 12.3 Å². The highest BCUT2D eigenvalue weighted by Gasteiger charge is 2.08. The molecule has 0 saturated heterocycles. The summed E-state index contributed by atoms with van der Waals surface area (Å²) in [4.78, 5) is 22.9. The second-order valence-electron chi connectivity index (χ2n) is 3.72. The third kappa shape index (κ3) is 6.00. The van der Waals surface area contributed by atoms with E-state index in [1.54, 1.807) is 11.4 Å². The fraction of sp³-hybridized carbons (Fsp3) is 0.455. The van der Waals surface area contributed by atoms with Gasteiger partial charge in [-0.3, -0.25) is 9.59 Å². The van der Waals surface area contributed by atoms with Crippen molar-refractivity contribution < 1.29 is 9.59 Å². The minimum absolute atomic E-state index is 0. The molecule has 0 spiro atoms. The molecule has 0 fully saturated rings. The van der Waals surface area contributed by atoms with Crippen LogP contribution in [-0.2, 0) is 4.79 Å². The number of nitrogens with one attached hydrogen (secondary N) is 2. The van der Waals surface area contributed by atoms with E-state index in [9.17, 15) is 9.59 Å². The lowest BCUT2D eigenvalue weighted by Crippen LogP contribution is -2.39. The normalized spacial score (nSPS) is 11.2. The Kier molecular flexibility index (Phi) is 8.36. The van der Waals surface area contributed by atoms with E-state index in [4.69, 9.17) is 5.73 Å². The summed E-state index contributed by atoms with van der Waals surface area (Å²) < 4.78 is 0. The molecule has 0 bridgehead atoms. The Morgan fingerprint density at radius 2 is 2.22 bits per heavy atom. The number of thiophene rings is 1. The Bertz CT molecular complexity index is 370. The standard InChI is InChI=1S/C11H17N3O2S.ClH/c1-8(6-12)14-10(15)2-4-13-11(16)9-3-5-17-7-9;/h3,5,7-8H,2,4,6,12H2,1H3,(H,13,16)(H,14,15);1H/t8-;/m0./s1. The van der Waals surface area contributed by atoms with Gasteiger partial charge < -0.3 is 16.4 Å². The van der Waals surface area contributed by atoms with E-state index >= 15 is 0 Å². The van der Waals surface area contributed by atoms with Crippen molar-refractivity contribution in [1.82, 2.24) is 10.6 Å². The van der Waals surface area contributed by atoms with Crippen molar-refractivity contribution in [1.29, 1.82) is 0 Å². The number of carbonyl (C=O) groups excluding carboxylic acids is 2. The van der Waals surface area contributed by atoms with Crippen molar-refractivity contribution in [3.05, 3.63) is 22.4 Å². The minimum atomic E-state index is -0.147. The highest BCUT2D eigenvalue weighted by Crippen LogP contribution is 2.04. The zero-order valence-corrected chi connectivity index (χ0v) is 11.8. The number of amides is 2. The van der Waals surface area contributed by atoms with Gasteiger partial charge in [0.2, 0.25) is 5.91 Å². The molecule has 5 nitrogen and oxygen atoms in total. The Morgan fingerprint density at radius 3 is 2.78 bits per heavy atom. The number of nitrogens with two attached hydrogens (primary N) is 1. The zero-order valence-electron chi connectivity index (χ0n) is 10.1. The van der Waals surface area contributed by atoms with E-state index in [-0.39, 0.29) is 36.7 Å². The van der Waals surface area contributed by atoms with Crippen molar-refractivity contribution in [2.24, 2.45) is 5.73 Å². The van der Waals surface area contributed by atoms with Crippen LogP contribution < -0.4 is 16.4 Å². The third-order valence-electron chi connectivity index (χ3n) is 2.18. The SMILES string of the molecule is C[C@@H](CN)NC(=O)CCNC(=O)c1ccsc1.Cl. The molecule has 0 unspecified atom stereocenters. The van der Waals surface area contributed by atoms with E-state index in [2.05, 4.69) is 10.6 Å². The van der Waals surface area contributed by atoms with Gasteiger partial charge in [-0.2, -0.15) is 11.3 Å². The molecule has 1 atom stereocenters. The van der Waals surface area contributed by atoms with Gasteiger partial charge in [-0.25, -0.2) is 0 Å². The molecule has 0 aromatic carbocycles. The molecule has 0 aliphatic heterocycles. The molecule has 0 saturated carbocycles. The molecule has 0 radical (unpaired) electrons. The van der Waals surface area contributed by atoms with Crippen LogP contribution in [0.25, 0.3) is 0 Å².